The highest BCUT2D eigenvalue weighted by atomic mass is 16.3. The topological polar surface area (TPSA) is 131 Å². The van der Waals surface area contributed by atoms with E-state index in [2.05, 4.69) is 0 Å². The van der Waals surface area contributed by atoms with Gasteiger partial charge in [-0.25, -0.2) is 4.79 Å². The molecule has 0 saturated carbocycles. The summed E-state index contributed by atoms with van der Waals surface area (Å²) in [5, 5.41) is 17.1. The van der Waals surface area contributed by atoms with Crippen LogP contribution in [-0.4, -0.2) is 25.9 Å². The summed E-state index contributed by atoms with van der Waals surface area (Å²) in [6.45, 7) is 0. The number of primary amides is 1. The van der Waals surface area contributed by atoms with Crippen LogP contribution in [0.2, 0.25) is 0 Å². The molecule has 1 amide bonds. The second-order valence-electron chi connectivity index (χ2n) is 3.53. The normalized spacial score (nSPS) is 10.2. The first-order valence-electron chi connectivity index (χ1n) is 4.62. The molecule has 1 aromatic rings. The molecule has 1 rings (SSSR count). The Hall–Kier alpha value is -2.38. The van der Waals surface area contributed by atoms with Crippen LogP contribution in [0.3, 0.4) is 0 Å². The van der Waals surface area contributed by atoms with Crippen molar-refractivity contribution in [2.24, 2.45) is 19.8 Å². The van der Waals surface area contributed by atoms with Crippen molar-refractivity contribution in [3.8, 4) is 5.88 Å². The van der Waals surface area contributed by atoms with Gasteiger partial charge in [-0.05, 0) is 0 Å². The van der Waals surface area contributed by atoms with E-state index < -0.39 is 40.7 Å². The van der Waals surface area contributed by atoms with Gasteiger partial charge in [0, 0.05) is 14.1 Å². The molecule has 0 aliphatic carbocycles. The van der Waals surface area contributed by atoms with Crippen LogP contribution in [0.4, 0.5) is 0 Å². The summed E-state index contributed by atoms with van der Waals surface area (Å²) in [6, 6.07) is 0. The molecule has 0 fully saturated rings. The maximum Gasteiger partial charge on any atom is 0.333 e. The molecule has 0 aromatic carbocycles. The molecule has 4 N–H and O–H groups in total. The fourth-order valence-electron chi connectivity index (χ4n) is 1.36. The van der Waals surface area contributed by atoms with Gasteiger partial charge in [-0.2, -0.15) is 0 Å². The molecule has 0 radical (unpaired) electrons. The van der Waals surface area contributed by atoms with Gasteiger partial charge in [0.2, 0.25) is 11.8 Å². The first-order chi connectivity index (χ1) is 7.77. The molecule has 0 aliphatic rings. The van der Waals surface area contributed by atoms with Crippen molar-refractivity contribution in [1.82, 2.24) is 9.13 Å². The Kier molecular flexibility index (Phi) is 3.16. The fourth-order valence-corrected chi connectivity index (χ4v) is 1.36. The molecule has 0 spiro atoms. The Morgan fingerprint density at radius 3 is 2.35 bits per heavy atom. The number of amides is 1. The zero-order valence-electron chi connectivity index (χ0n) is 9.35. The number of nitrogens with zero attached hydrogens (tertiary/aromatic N) is 2. The lowest BCUT2D eigenvalue weighted by Gasteiger charge is -2.10. The molecule has 0 bridgehead atoms. The fraction of sp³-hybridized carbons (Fsp3) is 0.333. The summed E-state index contributed by atoms with van der Waals surface area (Å²) in [5.74, 6) is -1.45. The SMILES string of the molecule is Cn1c(O)c(C(=N)CC(N)=O)c(=O)n(C)c1=O. The van der Waals surface area contributed by atoms with Gasteiger partial charge in [-0.3, -0.25) is 18.7 Å². The number of carbonyl (C=O) groups is 1. The van der Waals surface area contributed by atoms with Crippen molar-refractivity contribution in [2.75, 3.05) is 0 Å². The van der Waals surface area contributed by atoms with Crippen molar-refractivity contribution >= 4 is 11.6 Å². The lowest BCUT2D eigenvalue weighted by Crippen LogP contribution is -2.40. The predicted molar refractivity (Wildman–Crippen MR) is 59.2 cm³/mol. The van der Waals surface area contributed by atoms with Crippen LogP contribution in [0.25, 0.3) is 0 Å². The first-order valence-corrected chi connectivity index (χ1v) is 4.62. The largest absolute Gasteiger partial charge is 0.494 e. The van der Waals surface area contributed by atoms with E-state index in [1.54, 1.807) is 0 Å². The van der Waals surface area contributed by atoms with Crippen molar-refractivity contribution in [3.63, 3.8) is 0 Å². The second kappa shape index (κ2) is 4.24. The predicted octanol–water partition coefficient (Wildman–Crippen LogP) is -1.97. The average Bonchev–Trinajstić information content (AvgIpc) is 2.23. The van der Waals surface area contributed by atoms with E-state index in [1.165, 1.54) is 14.1 Å². The number of carbonyl (C=O) groups excluding carboxylic acids is 1. The zero-order chi connectivity index (χ0) is 13.3. The quantitative estimate of drug-likeness (QED) is 0.529. The van der Waals surface area contributed by atoms with Crippen molar-refractivity contribution < 1.29 is 9.90 Å². The standard InChI is InChI=1S/C9H12N4O4/c1-12-7(15)6(4(10)3-5(11)14)8(16)13(2)9(12)17/h10,15H,3H2,1-2H3,(H2,11,14). The number of rotatable bonds is 3. The Balaban J connectivity index is 3.56. The van der Waals surface area contributed by atoms with Gasteiger partial charge in [0.1, 0.15) is 5.56 Å². The van der Waals surface area contributed by atoms with Crippen LogP contribution in [-0.2, 0) is 18.9 Å². The smallest absolute Gasteiger partial charge is 0.333 e. The molecule has 0 aliphatic heterocycles. The summed E-state index contributed by atoms with van der Waals surface area (Å²) in [7, 11) is 2.46. The van der Waals surface area contributed by atoms with Crippen molar-refractivity contribution in [3.05, 3.63) is 26.4 Å². The summed E-state index contributed by atoms with van der Waals surface area (Å²) in [5.41, 5.74) is 2.52. The van der Waals surface area contributed by atoms with E-state index in [0.717, 1.165) is 9.13 Å². The number of aromatic nitrogens is 2. The molecule has 1 heterocycles. The second-order valence-corrected chi connectivity index (χ2v) is 3.53. The summed E-state index contributed by atoms with van der Waals surface area (Å²) < 4.78 is 1.55. The van der Waals surface area contributed by atoms with Crippen LogP contribution in [0, 0.1) is 5.41 Å². The van der Waals surface area contributed by atoms with Crippen LogP contribution >= 0.6 is 0 Å². The van der Waals surface area contributed by atoms with Gasteiger partial charge >= 0.3 is 5.69 Å². The third kappa shape index (κ3) is 2.10. The molecule has 8 nitrogen and oxygen atoms in total. The number of hydrogen-bond acceptors (Lipinski definition) is 5. The molecule has 0 saturated heterocycles. The highest BCUT2D eigenvalue weighted by molar-refractivity contribution is 6.09. The lowest BCUT2D eigenvalue weighted by atomic mass is 10.1. The Bertz CT molecular complexity index is 611. The van der Waals surface area contributed by atoms with Crippen molar-refractivity contribution in [1.29, 1.82) is 5.41 Å². The Labute approximate surface area is 95.4 Å². The van der Waals surface area contributed by atoms with Crippen molar-refractivity contribution in [2.45, 2.75) is 6.42 Å². The minimum absolute atomic E-state index is 0.395. The summed E-state index contributed by atoms with van der Waals surface area (Å²) >= 11 is 0. The minimum Gasteiger partial charge on any atom is -0.494 e. The summed E-state index contributed by atoms with van der Waals surface area (Å²) in [6.07, 6.45) is -0.485. The number of nitrogens with one attached hydrogen (secondary N) is 1. The third-order valence-electron chi connectivity index (χ3n) is 2.29. The van der Waals surface area contributed by atoms with E-state index in [-0.39, 0.29) is 0 Å². The first kappa shape index (κ1) is 12.7. The molecule has 0 unspecified atom stereocenters. The van der Waals surface area contributed by atoms with Crippen LogP contribution in [0.15, 0.2) is 9.59 Å². The number of nitrogens with two attached hydrogens (primary N) is 1. The highest BCUT2D eigenvalue weighted by Gasteiger charge is 2.19. The summed E-state index contributed by atoms with van der Waals surface area (Å²) in [4.78, 5) is 33.8. The van der Waals surface area contributed by atoms with E-state index in [4.69, 9.17) is 11.1 Å². The number of aromatic hydroxyl groups is 1. The van der Waals surface area contributed by atoms with Gasteiger partial charge in [0.25, 0.3) is 5.56 Å². The highest BCUT2D eigenvalue weighted by Crippen LogP contribution is 2.10. The van der Waals surface area contributed by atoms with E-state index in [1.807, 2.05) is 0 Å². The number of hydrogen-bond donors (Lipinski definition) is 3. The van der Waals surface area contributed by atoms with Gasteiger partial charge < -0.3 is 16.2 Å². The van der Waals surface area contributed by atoms with Gasteiger partial charge in [0.15, 0.2) is 0 Å². The molecule has 17 heavy (non-hydrogen) atoms. The monoisotopic (exact) mass is 240 g/mol. The maximum absolute atomic E-state index is 11.7. The molecule has 92 valence electrons. The Morgan fingerprint density at radius 2 is 1.88 bits per heavy atom. The molecule has 1 aromatic heterocycles. The van der Waals surface area contributed by atoms with Crippen LogP contribution < -0.4 is 17.0 Å². The average molecular weight is 240 g/mol. The maximum atomic E-state index is 11.7. The van der Waals surface area contributed by atoms with E-state index >= 15 is 0 Å². The molecule has 0 atom stereocenters. The van der Waals surface area contributed by atoms with E-state index in [0.29, 0.717) is 0 Å². The molecular weight excluding hydrogens is 228 g/mol. The molecule has 8 heteroatoms. The zero-order valence-corrected chi connectivity index (χ0v) is 9.35. The van der Waals surface area contributed by atoms with E-state index in [9.17, 15) is 19.5 Å². The van der Waals surface area contributed by atoms with Crippen LogP contribution in [0.1, 0.15) is 12.0 Å². The molecular formula is C9H12N4O4. The third-order valence-corrected chi connectivity index (χ3v) is 2.29. The van der Waals surface area contributed by atoms with Gasteiger partial charge in [-0.1, -0.05) is 0 Å². The lowest BCUT2D eigenvalue weighted by molar-refractivity contribution is -0.116. The van der Waals surface area contributed by atoms with Gasteiger partial charge in [-0.15, -0.1) is 0 Å². The van der Waals surface area contributed by atoms with Gasteiger partial charge in [0.05, 0.1) is 12.1 Å². The van der Waals surface area contributed by atoms with Crippen LogP contribution in [0.5, 0.6) is 5.88 Å². The minimum atomic E-state index is -0.836. The Morgan fingerprint density at radius 1 is 1.35 bits per heavy atom.